The van der Waals surface area contributed by atoms with Gasteiger partial charge in [-0.15, -0.1) is 0 Å². The van der Waals surface area contributed by atoms with Gasteiger partial charge < -0.3 is 5.32 Å². The fourth-order valence-corrected chi connectivity index (χ4v) is 3.08. The van der Waals surface area contributed by atoms with E-state index in [1.807, 2.05) is 43.3 Å². The Balaban J connectivity index is 1.68. The lowest BCUT2D eigenvalue weighted by atomic mass is 10.1. The summed E-state index contributed by atoms with van der Waals surface area (Å²) < 4.78 is 14.9. The smallest absolute Gasteiger partial charge is 0.255 e. The lowest BCUT2D eigenvalue weighted by Gasteiger charge is -2.14. The zero-order chi connectivity index (χ0) is 20.2. The average Bonchev–Trinajstić information content (AvgIpc) is 3.21. The van der Waals surface area contributed by atoms with E-state index in [9.17, 15) is 9.18 Å². The summed E-state index contributed by atoms with van der Waals surface area (Å²) in [5.74, 6) is -0.571. The molecule has 0 unspecified atom stereocenters. The molecule has 29 heavy (non-hydrogen) atoms. The zero-order valence-corrected chi connectivity index (χ0v) is 15.8. The van der Waals surface area contributed by atoms with E-state index in [1.54, 1.807) is 41.5 Å². The largest absolute Gasteiger partial charge is 0.345 e. The zero-order valence-electron chi connectivity index (χ0n) is 15.8. The third kappa shape index (κ3) is 4.06. The number of hydrogen-bond donors (Lipinski definition) is 1. The van der Waals surface area contributed by atoms with Gasteiger partial charge in [0.2, 0.25) is 0 Å². The van der Waals surface area contributed by atoms with E-state index in [0.717, 1.165) is 16.8 Å². The maximum Gasteiger partial charge on any atom is 0.255 e. The Bertz CT molecular complexity index is 1110. The molecule has 1 N–H and O–H groups in total. The fourth-order valence-electron chi connectivity index (χ4n) is 3.08. The molecule has 1 atom stereocenters. The highest BCUT2D eigenvalue weighted by molar-refractivity contribution is 6.00. The number of nitrogens with one attached hydrogen (secondary N) is 1. The Kier molecular flexibility index (Phi) is 5.16. The molecule has 2 aromatic carbocycles. The van der Waals surface area contributed by atoms with Crippen LogP contribution in [-0.2, 0) is 0 Å². The predicted molar refractivity (Wildman–Crippen MR) is 109 cm³/mol. The van der Waals surface area contributed by atoms with Crippen molar-refractivity contribution >= 4 is 5.91 Å². The third-order valence-electron chi connectivity index (χ3n) is 4.63. The molecule has 0 saturated carbocycles. The number of amides is 1. The van der Waals surface area contributed by atoms with E-state index in [-0.39, 0.29) is 17.8 Å². The van der Waals surface area contributed by atoms with Gasteiger partial charge in [-0.05, 0) is 48.9 Å². The van der Waals surface area contributed by atoms with E-state index < -0.39 is 0 Å². The quantitative estimate of drug-likeness (QED) is 0.547. The minimum absolute atomic E-state index is 0.261. The van der Waals surface area contributed by atoms with Crippen molar-refractivity contribution < 1.29 is 9.18 Å². The second kappa shape index (κ2) is 8.06. The molecule has 4 aromatic rings. The van der Waals surface area contributed by atoms with Gasteiger partial charge in [0.15, 0.2) is 0 Å². The van der Waals surface area contributed by atoms with Gasteiger partial charge in [0.25, 0.3) is 5.91 Å². The molecular weight excluding hydrogens is 367 g/mol. The van der Waals surface area contributed by atoms with Gasteiger partial charge in [0.05, 0.1) is 17.3 Å². The third-order valence-corrected chi connectivity index (χ3v) is 4.63. The van der Waals surface area contributed by atoms with Crippen LogP contribution < -0.4 is 5.32 Å². The van der Waals surface area contributed by atoms with Crippen LogP contribution >= 0.6 is 0 Å². The number of pyridine rings is 1. The van der Waals surface area contributed by atoms with Gasteiger partial charge in [-0.3, -0.25) is 9.78 Å². The number of carbonyl (C=O) groups excluding carboxylic acids is 1. The number of nitrogens with zero attached hydrogens (tertiary/aromatic N) is 3. The van der Waals surface area contributed by atoms with Crippen LogP contribution in [0.4, 0.5) is 4.39 Å². The Hall–Kier alpha value is -3.80. The van der Waals surface area contributed by atoms with Crippen LogP contribution in [0, 0.1) is 5.82 Å². The van der Waals surface area contributed by atoms with Crippen molar-refractivity contribution in [3.63, 3.8) is 0 Å². The summed E-state index contributed by atoms with van der Waals surface area (Å²) in [5.41, 5.74) is 3.41. The van der Waals surface area contributed by atoms with Gasteiger partial charge >= 0.3 is 0 Å². The highest BCUT2D eigenvalue weighted by atomic mass is 19.1. The molecule has 0 aliphatic rings. The monoisotopic (exact) mass is 386 g/mol. The molecule has 4 rings (SSSR count). The molecule has 0 saturated heterocycles. The minimum Gasteiger partial charge on any atom is -0.345 e. The SMILES string of the molecule is C[C@H](NC(=O)c1cn(-c2ccccc2)nc1-c1cccnc1)c1ccc(F)cc1. The molecule has 1 amide bonds. The molecule has 0 aliphatic carbocycles. The van der Waals surface area contributed by atoms with Crippen LogP contribution in [-0.4, -0.2) is 20.7 Å². The maximum absolute atomic E-state index is 13.2. The van der Waals surface area contributed by atoms with Crippen LogP contribution in [0.5, 0.6) is 0 Å². The van der Waals surface area contributed by atoms with E-state index >= 15 is 0 Å². The number of carbonyl (C=O) groups is 1. The molecule has 2 heterocycles. The molecule has 0 spiro atoms. The lowest BCUT2D eigenvalue weighted by molar-refractivity contribution is 0.0940. The van der Waals surface area contributed by atoms with Crippen molar-refractivity contribution in [1.82, 2.24) is 20.1 Å². The lowest BCUT2D eigenvalue weighted by Crippen LogP contribution is -2.26. The number of halogens is 1. The van der Waals surface area contributed by atoms with E-state index in [4.69, 9.17) is 0 Å². The van der Waals surface area contributed by atoms with Gasteiger partial charge in [-0.25, -0.2) is 9.07 Å². The van der Waals surface area contributed by atoms with Crippen LogP contribution in [0.2, 0.25) is 0 Å². The summed E-state index contributed by atoms with van der Waals surface area (Å²) in [6.07, 6.45) is 5.07. The Morgan fingerprint density at radius 1 is 1.03 bits per heavy atom. The molecule has 0 aliphatic heterocycles. The van der Waals surface area contributed by atoms with E-state index in [0.29, 0.717) is 11.3 Å². The molecule has 0 radical (unpaired) electrons. The molecule has 2 aromatic heterocycles. The average molecular weight is 386 g/mol. The molecule has 5 nitrogen and oxygen atoms in total. The first-order valence-electron chi connectivity index (χ1n) is 9.23. The maximum atomic E-state index is 13.2. The van der Waals surface area contributed by atoms with E-state index in [2.05, 4.69) is 15.4 Å². The van der Waals surface area contributed by atoms with Crippen molar-refractivity contribution in [1.29, 1.82) is 0 Å². The first kappa shape index (κ1) is 18.6. The van der Waals surface area contributed by atoms with Gasteiger partial charge in [0.1, 0.15) is 11.5 Å². The minimum atomic E-state index is -0.310. The summed E-state index contributed by atoms with van der Waals surface area (Å²) >= 11 is 0. The van der Waals surface area contributed by atoms with Crippen LogP contribution in [0.3, 0.4) is 0 Å². The number of para-hydroxylation sites is 1. The van der Waals surface area contributed by atoms with Crippen LogP contribution in [0.25, 0.3) is 16.9 Å². The van der Waals surface area contributed by atoms with Gasteiger partial charge in [-0.2, -0.15) is 5.10 Å². The summed E-state index contributed by atoms with van der Waals surface area (Å²) in [5, 5.41) is 7.60. The van der Waals surface area contributed by atoms with Crippen molar-refractivity contribution in [3.05, 3.63) is 102 Å². The first-order chi connectivity index (χ1) is 14.1. The molecule has 0 fully saturated rings. The Morgan fingerprint density at radius 3 is 2.48 bits per heavy atom. The standard InChI is InChI=1S/C23H19FN4O/c1-16(17-9-11-19(24)12-10-17)26-23(29)21-15-28(20-7-3-2-4-8-20)27-22(21)18-6-5-13-25-14-18/h2-16H,1H3,(H,26,29)/t16-/m0/s1. The second-order valence-corrected chi connectivity index (χ2v) is 6.66. The van der Waals surface area contributed by atoms with E-state index in [1.165, 1.54) is 12.1 Å². The molecule has 144 valence electrons. The topological polar surface area (TPSA) is 59.8 Å². The van der Waals surface area contributed by atoms with Gasteiger partial charge in [-0.1, -0.05) is 30.3 Å². The summed E-state index contributed by atoms with van der Waals surface area (Å²) in [4.78, 5) is 17.2. The van der Waals surface area contributed by atoms with Crippen molar-refractivity contribution in [2.45, 2.75) is 13.0 Å². The first-order valence-corrected chi connectivity index (χ1v) is 9.23. The fraction of sp³-hybridized carbons (Fsp3) is 0.0870. The second-order valence-electron chi connectivity index (χ2n) is 6.66. The summed E-state index contributed by atoms with van der Waals surface area (Å²) in [6, 6.07) is 19.1. The normalized spacial score (nSPS) is 11.8. The van der Waals surface area contributed by atoms with Crippen molar-refractivity contribution in [2.75, 3.05) is 0 Å². The number of rotatable bonds is 5. The predicted octanol–water partition coefficient (Wildman–Crippen LogP) is 4.56. The highest BCUT2D eigenvalue weighted by Gasteiger charge is 2.20. The van der Waals surface area contributed by atoms with Gasteiger partial charge in [0, 0.05) is 24.2 Å². The van der Waals surface area contributed by atoms with Crippen LogP contribution in [0.1, 0.15) is 28.9 Å². The summed E-state index contributed by atoms with van der Waals surface area (Å²) in [6.45, 7) is 1.86. The number of benzene rings is 2. The van der Waals surface area contributed by atoms with Crippen molar-refractivity contribution in [3.8, 4) is 16.9 Å². The summed E-state index contributed by atoms with van der Waals surface area (Å²) in [7, 11) is 0. The molecule has 0 bridgehead atoms. The Morgan fingerprint density at radius 2 is 1.79 bits per heavy atom. The molecular formula is C23H19FN4O. The number of aromatic nitrogens is 3. The molecule has 6 heteroatoms. The highest BCUT2D eigenvalue weighted by Crippen LogP contribution is 2.24. The van der Waals surface area contributed by atoms with Crippen molar-refractivity contribution in [2.24, 2.45) is 0 Å². The van der Waals surface area contributed by atoms with Crippen LogP contribution in [0.15, 0.2) is 85.3 Å². The number of hydrogen-bond acceptors (Lipinski definition) is 3. The Labute approximate surface area is 167 Å².